The summed E-state index contributed by atoms with van der Waals surface area (Å²) in [4.78, 5) is 17.8. The van der Waals surface area contributed by atoms with Gasteiger partial charge in [-0.15, -0.1) is 0 Å². The van der Waals surface area contributed by atoms with Crippen molar-refractivity contribution >= 4 is 44.2 Å². The molecule has 0 atom stereocenters. The van der Waals surface area contributed by atoms with Gasteiger partial charge in [0.1, 0.15) is 6.61 Å². The van der Waals surface area contributed by atoms with E-state index < -0.39 is 15.6 Å². The third-order valence-electron chi connectivity index (χ3n) is 4.59. The molecule has 1 aliphatic heterocycles. The Balaban J connectivity index is 2.02. The molecule has 12 heteroatoms. The van der Waals surface area contributed by atoms with Gasteiger partial charge in [-0.1, -0.05) is 17.7 Å². The molecule has 3 rings (SSSR count). The van der Waals surface area contributed by atoms with E-state index in [-0.39, 0.29) is 23.3 Å². The summed E-state index contributed by atoms with van der Waals surface area (Å²) in [5.74, 6) is -0.0321. The molecule has 2 aromatic rings. The van der Waals surface area contributed by atoms with Crippen molar-refractivity contribution in [2.45, 2.75) is 23.3 Å². The van der Waals surface area contributed by atoms with Gasteiger partial charge in [-0.25, -0.2) is 27.9 Å². The van der Waals surface area contributed by atoms with Crippen molar-refractivity contribution in [1.29, 1.82) is 0 Å². The summed E-state index contributed by atoms with van der Waals surface area (Å²) in [7, 11) is -2.55. The second-order valence-electron chi connectivity index (χ2n) is 6.60. The maximum Gasteiger partial charge on any atom is 0.241 e. The van der Waals surface area contributed by atoms with Crippen molar-refractivity contribution in [2.24, 2.45) is 16.5 Å². The fourth-order valence-corrected chi connectivity index (χ4v) is 4.79. The minimum absolute atomic E-state index is 0.0180. The second kappa shape index (κ2) is 8.78. The number of nitrogens with zero attached hydrogens (tertiary/aromatic N) is 2. The lowest BCUT2D eigenvalue weighted by Crippen LogP contribution is -2.54. The molecule has 0 spiro atoms. The first-order valence-electron chi connectivity index (χ1n) is 8.72. The minimum Gasteiger partial charge on any atom is -0.381 e. The van der Waals surface area contributed by atoms with Crippen LogP contribution in [0.1, 0.15) is 12.8 Å². The van der Waals surface area contributed by atoms with Gasteiger partial charge in [0.05, 0.1) is 22.6 Å². The number of aliphatic imine (C=N–C) groups is 1. The Morgan fingerprint density at radius 1 is 1.34 bits per heavy atom. The predicted octanol–water partition coefficient (Wildman–Crippen LogP) is 1.20. The van der Waals surface area contributed by atoms with Gasteiger partial charge in [-0.3, -0.25) is 0 Å². The highest BCUT2D eigenvalue weighted by Gasteiger charge is 2.38. The summed E-state index contributed by atoms with van der Waals surface area (Å²) in [6, 6.07) is 4.48. The molecule has 1 aromatic heterocycles. The van der Waals surface area contributed by atoms with E-state index in [1.54, 1.807) is 6.07 Å². The zero-order valence-electron chi connectivity index (χ0n) is 15.7. The average Bonchev–Trinajstić information content (AvgIpc) is 2.68. The molecule has 0 saturated carbocycles. The number of nitrogens with two attached hydrogens (primary N) is 2. The van der Waals surface area contributed by atoms with Gasteiger partial charge < -0.3 is 16.2 Å². The van der Waals surface area contributed by atoms with Gasteiger partial charge >= 0.3 is 0 Å². The highest BCUT2D eigenvalue weighted by atomic mass is 35.5. The molecule has 29 heavy (non-hydrogen) atoms. The highest BCUT2D eigenvalue weighted by molar-refractivity contribution is 7.89. The average molecular weight is 444 g/mol. The number of aromatic nitrogens is 1. The van der Waals surface area contributed by atoms with Crippen molar-refractivity contribution in [3.63, 3.8) is 0 Å². The topological polar surface area (TPSA) is 151 Å². The van der Waals surface area contributed by atoms with Gasteiger partial charge in [0.2, 0.25) is 10.0 Å². The van der Waals surface area contributed by atoms with Crippen LogP contribution < -0.4 is 16.2 Å². The number of halogens is 1. The molecular weight excluding hydrogens is 422 g/mol. The molecule has 1 fully saturated rings. The van der Waals surface area contributed by atoms with Crippen LogP contribution in [-0.4, -0.2) is 51.8 Å². The molecule has 0 unspecified atom stereocenters. The molecule has 1 aromatic carbocycles. The lowest BCUT2D eigenvalue weighted by molar-refractivity contribution is -0.285. The number of hydrogen-bond donors (Lipinski definition) is 3. The standard InChI is InChI=1S/C17H22ClN5O5S/c1-26-28-10-17(4-6-27-7-5-17)23-29(24,25)11-2-3-12-13(8-11)15(22-16(19)20)21-9-14(12)18/h2-3,8-9,23H,4-7,10H2,1H3,(H4,19,20,21,22). The third kappa shape index (κ3) is 4.94. The molecule has 0 radical (unpaired) electrons. The number of guanidine groups is 1. The van der Waals surface area contributed by atoms with E-state index in [1.807, 2.05) is 0 Å². The Bertz CT molecular complexity index is 1020. The zero-order chi connectivity index (χ0) is 21.1. The van der Waals surface area contributed by atoms with Gasteiger partial charge in [0.15, 0.2) is 11.8 Å². The second-order valence-corrected chi connectivity index (χ2v) is 8.69. The lowest BCUT2D eigenvalue weighted by atomic mass is 9.93. The van der Waals surface area contributed by atoms with E-state index >= 15 is 0 Å². The number of nitrogens with one attached hydrogen (secondary N) is 1. The minimum atomic E-state index is -3.92. The monoisotopic (exact) mass is 443 g/mol. The Labute approximate surface area is 173 Å². The van der Waals surface area contributed by atoms with Crippen molar-refractivity contribution in [3.05, 3.63) is 29.4 Å². The van der Waals surface area contributed by atoms with Crippen LogP contribution in [-0.2, 0) is 24.5 Å². The van der Waals surface area contributed by atoms with E-state index in [1.165, 1.54) is 25.4 Å². The maximum atomic E-state index is 13.1. The Morgan fingerprint density at radius 3 is 2.72 bits per heavy atom. The molecule has 10 nitrogen and oxygen atoms in total. The number of rotatable bonds is 7. The summed E-state index contributed by atoms with van der Waals surface area (Å²) in [5, 5.41) is 1.33. The van der Waals surface area contributed by atoms with Crippen molar-refractivity contribution < 1.29 is 22.9 Å². The van der Waals surface area contributed by atoms with Crippen molar-refractivity contribution in [3.8, 4) is 0 Å². The van der Waals surface area contributed by atoms with E-state index in [0.29, 0.717) is 41.9 Å². The number of benzene rings is 1. The molecule has 0 amide bonds. The Hall–Kier alpha value is -2.02. The summed E-state index contributed by atoms with van der Waals surface area (Å²) < 4.78 is 34.4. The van der Waals surface area contributed by atoms with E-state index in [2.05, 4.69) is 19.6 Å². The number of ether oxygens (including phenoxy) is 1. The summed E-state index contributed by atoms with van der Waals surface area (Å²) >= 11 is 6.18. The summed E-state index contributed by atoms with van der Waals surface area (Å²) in [6.07, 6.45) is 2.28. The van der Waals surface area contributed by atoms with Crippen LogP contribution >= 0.6 is 11.6 Å². The number of pyridine rings is 1. The molecule has 1 saturated heterocycles. The maximum absolute atomic E-state index is 13.1. The fraction of sp³-hybridized carbons (Fsp3) is 0.412. The molecule has 5 N–H and O–H groups in total. The Kier molecular flexibility index (Phi) is 6.56. The molecular formula is C17H22ClN5O5S. The molecule has 158 valence electrons. The van der Waals surface area contributed by atoms with Crippen LogP contribution in [0.15, 0.2) is 34.3 Å². The van der Waals surface area contributed by atoms with Gasteiger partial charge in [-0.05, 0) is 25.0 Å². The van der Waals surface area contributed by atoms with Gasteiger partial charge in [0.25, 0.3) is 0 Å². The van der Waals surface area contributed by atoms with Crippen LogP contribution in [0.4, 0.5) is 5.82 Å². The lowest BCUT2D eigenvalue weighted by Gasteiger charge is -2.36. The number of sulfonamides is 1. The molecule has 0 aliphatic carbocycles. The molecule has 0 bridgehead atoms. The van der Waals surface area contributed by atoms with Crippen LogP contribution in [0.3, 0.4) is 0 Å². The predicted molar refractivity (Wildman–Crippen MR) is 108 cm³/mol. The first-order chi connectivity index (χ1) is 13.8. The summed E-state index contributed by atoms with van der Waals surface area (Å²) in [6.45, 7) is 0.856. The van der Waals surface area contributed by atoms with Crippen LogP contribution in [0.2, 0.25) is 5.02 Å². The zero-order valence-corrected chi connectivity index (χ0v) is 17.3. The molecule has 1 aliphatic rings. The van der Waals surface area contributed by atoms with E-state index in [9.17, 15) is 8.42 Å². The smallest absolute Gasteiger partial charge is 0.241 e. The van der Waals surface area contributed by atoms with Crippen LogP contribution in [0.25, 0.3) is 10.8 Å². The largest absolute Gasteiger partial charge is 0.381 e. The third-order valence-corrected chi connectivity index (χ3v) is 6.47. The Morgan fingerprint density at radius 2 is 2.07 bits per heavy atom. The van der Waals surface area contributed by atoms with E-state index in [0.717, 1.165) is 0 Å². The fourth-order valence-electron chi connectivity index (χ4n) is 3.11. The van der Waals surface area contributed by atoms with Crippen molar-refractivity contribution in [1.82, 2.24) is 9.71 Å². The number of fused-ring (bicyclic) bond motifs is 1. The van der Waals surface area contributed by atoms with Crippen molar-refractivity contribution in [2.75, 3.05) is 26.9 Å². The first kappa shape index (κ1) is 21.7. The SMILES string of the molecule is COOCC1(NS(=O)(=O)c2ccc3c(Cl)cnc(N=C(N)N)c3c2)CCOCC1. The van der Waals surface area contributed by atoms with Crippen LogP contribution in [0, 0.1) is 0 Å². The number of hydrogen-bond acceptors (Lipinski definition) is 7. The molecule has 2 heterocycles. The normalized spacial score (nSPS) is 16.6. The first-order valence-corrected chi connectivity index (χ1v) is 10.6. The van der Waals surface area contributed by atoms with E-state index in [4.69, 9.17) is 32.7 Å². The quantitative estimate of drug-likeness (QED) is 0.250. The summed E-state index contributed by atoms with van der Waals surface area (Å²) in [5.41, 5.74) is 10.1. The van der Waals surface area contributed by atoms with Crippen LogP contribution in [0.5, 0.6) is 0 Å². The van der Waals surface area contributed by atoms with Gasteiger partial charge in [-0.2, -0.15) is 4.99 Å². The van der Waals surface area contributed by atoms with Gasteiger partial charge in [0, 0.05) is 30.2 Å². The highest BCUT2D eigenvalue weighted by Crippen LogP contribution is 2.32.